The van der Waals surface area contributed by atoms with Crippen molar-refractivity contribution in [1.82, 2.24) is 9.66 Å². The Morgan fingerprint density at radius 1 is 1.56 bits per heavy atom. The van der Waals surface area contributed by atoms with Gasteiger partial charge < -0.3 is 5.73 Å². The number of nitrogens with two attached hydrogens (primary N) is 1. The maximum absolute atomic E-state index is 8.81. The highest BCUT2D eigenvalue weighted by atomic mass is 79.9. The van der Waals surface area contributed by atoms with Gasteiger partial charge in [-0.05, 0) is 40.5 Å². The summed E-state index contributed by atoms with van der Waals surface area (Å²) < 4.78 is 2.24. The van der Waals surface area contributed by atoms with Crippen LogP contribution in [-0.2, 0) is 0 Å². The fourth-order valence-corrected chi connectivity index (χ4v) is 1.91. The first-order chi connectivity index (χ1) is 8.60. The summed E-state index contributed by atoms with van der Waals surface area (Å²) in [5.41, 5.74) is 7.93. The van der Waals surface area contributed by atoms with Crippen LogP contribution >= 0.6 is 15.9 Å². The van der Waals surface area contributed by atoms with E-state index < -0.39 is 0 Å². The molecule has 6 heteroatoms. The Morgan fingerprint density at radius 2 is 2.33 bits per heavy atom. The van der Waals surface area contributed by atoms with Crippen LogP contribution in [0.5, 0.6) is 0 Å². The smallest absolute Gasteiger partial charge is 0.221 e. The second-order valence-electron chi connectivity index (χ2n) is 3.68. The van der Waals surface area contributed by atoms with Gasteiger partial charge in [0.05, 0.1) is 23.7 Å². The van der Waals surface area contributed by atoms with Crippen molar-refractivity contribution in [3.8, 4) is 6.07 Å². The van der Waals surface area contributed by atoms with Crippen LogP contribution in [0, 0.1) is 18.3 Å². The Hall–Kier alpha value is -2.13. The first-order valence-corrected chi connectivity index (χ1v) is 5.95. The van der Waals surface area contributed by atoms with Crippen LogP contribution in [0.4, 0.5) is 5.95 Å². The third-order valence-corrected chi connectivity index (χ3v) is 2.94. The van der Waals surface area contributed by atoms with Crippen molar-refractivity contribution in [2.24, 2.45) is 5.10 Å². The van der Waals surface area contributed by atoms with E-state index in [9.17, 15) is 0 Å². The summed E-state index contributed by atoms with van der Waals surface area (Å²) in [6.07, 6.45) is 3.40. The van der Waals surface area contributed by atoms with Crippen LogP contribution in [0.15, 0.2) is 34.0 Å². The Balaban J connectivity index is 2.27. The summed E-state index contributed by atoms with van der Waals surface area (Å²) in [4.78, 5) is 4.04. The summed E-state index contributed by atoms with van der Waals surface area (Å²) in [7, 11) is 0. The molecular formula is C12H10BrN5. The van der Waals surface area contributed by atoms with Gasteiger partial charge in [0.25, 0.3) is 0 Å². The number of aromatic nitrogens is 2. The summed E-state index contributed by atoms with van der Waals surface area (Å²) in [6.45, 7) is 1.85. The fourth-order valence-electron chi connectivity index (χ4n) is 1.43. The first-order valence-electron chi connectivity index (χ1n) is 5.15. The largest absolute Gasteiger partial charge is 0.368 e. The molecule has 0 saturated heterocycles. The number of halogens is 1. The van der Waals surface area contributed by atoms with E-state index in [1.54, 1.807) is 18.5 Å². The van der Waals surface area contributed by atoms with Crippen LogP contribution in [0.1, 0.15) is 16.8 Å². The van der Waals surface area contributed by atoms with E-state index in [2.05, 4.69) is 32.1 Å². The van der Waals surface area contributed by atoms with E-state index in [-0.39, 0.29) is 0 Å². The number of imidazole rings is 1. The maximum atomic E-state index is 8.81. The lowest BCUT2D eigenvalue weighted by Crippen LogP contribution is -1.97. The molecular weight excluding hydrogens is 294 g/mol. The van der Waals surface area contributed by atoms with Crippen LogP contribution < -0.4 is 5.73 Å². The minimum absolute atomic E-state index is 0.344. The Labute approximate surface area is 113 Å². The molecule has 0 aliphatic carbocycles. The van der Waals surface area contributed by atoms with Crippen LogP contribution in [0.3, 0.4) is 0 Å². The molecule has 0 spiro atoms. The normalized spacial score (nSPS) is 10.7. The summed E-state index contributed by atoms with van der Waals surface area (Å²) in [5.74, 6) is 0.344. The molecule has 90 valence electrons. The number of anilines is 1. The molecule has 0 unspecified atom stereocenters. The Kier molecular flexibility index (Phi) is 3.44. The number of nitriles is 1. The van der Waals surface area contributed by atoms with Gasteiger partial charge >= 0.3 is 0 Å². The van der Waals surface area contributed by atoms with E-state index in [0.29, 0.717) is 11.5 Å². The average molecular weight is 304 g/mol. The molecule has 0 fully saturated rings. The first kappa shape index (κ1) is 12.3. The van der Waals surface area contributed by atoms with Gasteiger partial charge in [0, 0.05) is 4.47 Å². The highest BCUT2D eigenvalue weighted by Crippen LogP contribution is 2.16. The van der Waals surface area contributed by atoms with Crippen molar-refractivity contribution >= 4 is 28.1 Å². The Bertz CT molecular complexity index is 651. The standard InChI is InChI=1S/C12H10BrN5/c1-8-7-18(12(15)17-8)16-6-9-2-3-10(5-14)11(13)4-9/h2-4,6-7H,1H3,(H2,15,17). The zero-order valence-corrected chi connectivity index (χ0v) is 11.2. The number of rotatable bonds is 2. The average Bonchev–Trinajstić information content (AvgIpc) is 2.65. The van der Waals surface area contributed by atoms with Crippen LogP contribution in [-0.4, -0.2) is 15.9 Å². The zero-order chi connectivity index (χ0) is 13.1. The molecule has 18 heavy (non-hydrogen) atoms. The van der Waals surface area contributed by atoms with Crippen molar-refractivity contribution in [1.29, 1.82) is 5.26 Å². The van der Waals surface area contributed by atoms with Gasteiger partial charge in [0.15, 0.2) is 0 Å². The van der Waals surface area contributed by atoms with Gasteiger partial charge in [0.1, 0.15) is 6.07 Å². The molecule has 2 rings (SSSR count). The second kappa shape index (κ2) is 5.02. The molecule has 2 N–H and O–H groups in total. The van der Waals surface area contributed by atoms with E-state index in [1.165, 1.54) is 4.68 Å². The molecule has 1 aromatic heterocycles. The molecule has 5 nitrogen and oxygen atoms in total. The lowest BCUT2D eigenvalue weighted by atomic mass is 10.2. The van der Waals surface area contributed by atoms with E-state index >= 15 is 0 Å². The van der Waals surface area contributed by atoms with E-state index in [0.717, 1.165) is 15.7 Å². The molecule has 0 bridgehead atoms. The predicted molar refractivity (Wildman–Crippen MR) is 73.2 cm³/mol. The predicted octanol–water partition coefficient (Wildman–Crippen LogP) is 2.29. The topological polar surface area (TPSA) is 80.0 Å². The number of hydrogen-bond donors (Lipinski definition) is 1. The highest BCUT2D eigenvalue weighted by molar-refractivity contribution is 9.10. The van der Waals surface area contributed by atoms with Crippen molar-refractivity contribution in [2.45, 2.75) is 6.92 Å². The van der Waals surface area contributed by atoms with Crippen molar-refractivity contribution in [3.05, 3.63) is 45.7 Å². The molecule has 2 aromatic rings. The molecule has 0 aliphatic heterocycles. The summed E-state index contributed by atoms with van der Waals surface area (Å²) in [6, 6.07) is 7.45. The van der Waals surface area contributed by atoms with Crippen molar-refractivity contribution in [2.75, 3.05) is 5.73 Å². The van der Waals surface area contributed by atoms with Gasteiger partial charge in [-0.25, -0.2) is 9.66 Å². The van der Waals surface area contributed by atoms with E-state index in [1.807, 2.05) is 19.1 Å². The maximum Gasteiger partial charge on any atom is 0.221 e. The molecule has 0 amide bonds. The van der Waals surface area contributed by atoms with Gasteiger partial charge in [0.2, 0.25) is 5.95 Å². The van der Waals surface area contributed by atoms with Gasteiger partial charge in [-0.15, -0.1) is 0 Å². The lowest BCUT2D eigenvalue weighted by molar-refractivity contribution is 0.897. The van der Waals surface area contributed by atoms with Gasteiger partial charge in [-0.2, -0.15) is 10.4 Å². The minimum atomic E-state index is 0.344. The zero-order valence-electron chi connectivity index (χ0n) is 9.63. The number of aryl methyl sites for hydroxylation is 1. The minimum Gasteiger partial charge on any atom is -0.368 e. The Morgan fingerprint density at radius 3 is 2.89 bits per heavy atom. The highest BCUT2D eigenvalue weighted by Gasteiger charge is 2.00. The van der Waals surface area contributed by atoms with E-state index in [4.69, 9.17) is 11.0 Å². The summed E-state index contributed by atoms with van der Waals surface area (Å²) >= 11 is 3.32. The molecule has 1 heterocycles. The lowest BCUT2D eigenvalue weighted by Gasteiger charge is -1.98. The summed E-state index contributed by atoms with van der Waals surface area (Å²) in [5, 5.41) is 13.0. The number of hydrogen-bond acceptors (Lipinski definition) is 4. The molecule has 0 saturated carbocycles. The molecule has 0 aliphatic rings. The monoisotopic (exact) mass is 303 g/mol. The SMILES string of the molecule is Cc1cn(N=Cc2ccc(C#N)c(Br)c2)c(N)n1. The second-order valence-corrected chi connectivity index (χ2v) is 4.54. The van der Waals surface area contributed by atoms with Crippen molar-refractivity contribution < 1.29 is 0 Å². The fraction of sp³-hybridized carbons (Fsp3) is 0.0833. The molecule has 1 aromatic carbocycles. The van der Waals surface area contributed by atoms with Crippen LogP contribution in [0.25, 0.3) is 0 Å². The number of nitrogen functional groups attached to an aromatic ring is 1. The number of benzene rings is 1. The van der Waals surface area contributed by atoms with Crippen molar-refractivity contribution in [3.63, 3.8) is 0 Å². The third-order valence-electron chi connectivity index (χ3n) is 2.28. The van der Waals surface area contributed by atoms with Gasteiger partial charge in [-0.3, -0.25) is 0 Å². The van der Waals surface area contributed by atoms with Crippen LogP contribution in [0.2, 0.25) is 0 Å². The molecule has 0 radical (unpaired) electrons. The van der Waals surface area contributed by atoms with Gasteiger partial charge in [-0.1, -0.05) is 6.07 Å². The number of nitrogens with zero attached hydrogens (tertiary/aromatic N) is 4. The molecule has 0 atom stereocenters. The quantitative estimate of drug-likeness (QED) is 0.864. The third kappa shape index (κ3) is 2.57.